The maximum absolute atomic E-state index is 10.7. The number of aliphatic hydroxyl groups is 1. The number of hydrogen-bond acceptors (Lipinski definition) is 5. The van der Waals surface area contributed by atoms with Crippen LogP contribution in [0.15, 0.2) is 18.2 Å². The summed E-state index contributed by atoms with van der Waals surface area (Å²) >= 11 is 0. The van der Waals surface area contributed by atoms with Crippen molar-refractivity contribution in [1.29, 1.82) is 0 Å². The van der Waals surface area contributed by atoms with Gasteiger partial charge in [0.05, 0.1) is 17.1 Å². The lowest BCUT2D eigenvalue weighted by molar-refractivity contribution is -0.385. The zero-order valence-electron chi connectivity index (χ0n) is 10.6. The number of nitro benzene ring substituents is 1. The van der Waals surface area contributed by atoms with Gasteiger partial charge in [0.1, 0.15) is 12.4 Å². The second-order valence-electron chi connectivity index (χ2n) is 4.01. The average molecular weight is 255 g/mol. The number of hydrogen-bond donors (Lipinski definition) is 1. The highest BCUT2D eigenvalue weighted by Crippen LogP contribution is 2.29. The van der Waals surface area contributed by atoms with Crippen molar-refractivity contribution < 1.29 is 19.5 Å². The van der Waals surface area contributed by atoms with E-state index in [1.54, 1.807) is 7.11 Å². The fourth-order valence-electron chi connectivity index (χ4n) is 1.38. The Labute approximate surface area is 105 Å². The highest BCUT2D eigenvalue weighted by Gasteiger charge is 2.15. The lowest BCUT2D eigenvalue weighted by Crippen LogP contribution is -2.16. The van der Waals surface area contributed by atoms with E-state index in [0.29, 0.717) is 17.9 Å². The molecule has 1 aromatic carbocycles. The molecular formula is C12H17NO5. The Kier molecular flexibility index (Phi) is 5.06. The molecule has 1 unspecified atom stereocenters. The zero-order valence-corrected chi connectivity index (χ0v) is 10.6. The minimum Gasteiger partial charge on any atom is -0.491 e. The highest BCUT2D eigenvalue weighted by molar-refractivity contribution is 5.44. The van der Waals surface area contributed by atoms with Crippen LogP contribution in [0.3, 0.4) is 0 Å². The summed E-state index contributed by atoms with van der Waals surface area (Å²) in [6, 6.07) is 4.15. The first-order valence-corrected chi connectivity index (χ1v) is 5.57. The first-order valence-electron chi connectivity index (χ1n) is 5.57. The van der Waals surface area contributed by atoms with Gasteiger partial charge in [-0.2, -0.15) is 0 Å². The van der Waals surface area contributed by atoms with Crippen LogP contribution < -0.4 is 4.74 Å². The number of aliphatic hydroxyl groups excluding tert-OH is 1. The van der Waals surface area contributed by atoms with Crippen molar-refractivity contribution in [2.45, 2.75) is 26.1 Å². The second-order valence-corrected chi connectivity index (χ2v) is 4.01. The number of nitro groups is 1. The van der Waals surface area contributed by atoms with Crippen LogP contribution >= 0.6 is 0 Å². The molecule has 1 rings (SSSR count). The molecule has 1 aromatic rings. The minimum atomic E-state index is -0.835. The Morgan fingerprint density at radius 1 is 1.44 bits per heavy atom. The topological polar surface area (TPSA) is 81.8 Å². The second kappa shape index (κ2) is 6.32. The molecule has 0 spiro atoms. The average Bonchev–Trinajstić information content (AvgIpc) is 2.35. The monoisotopic (exact) mass is 255 g/mol. The van der Waals surface area contributed by atoms with Gasteiger partial charge in [-0.05, 0) is 19.9 Å². The third-order valence-corrected chi connectivity index (χ3v) is 2.53. The normalized spacial score (nSPS) is 14.0. The predicted octanol–water partition coefficient (Wildman–Crippen LogP) is 2.06. The summed E-state index contributed by atoms with van der Waals surface area (Å²) in [5, 5.41) is 20.3. The lowest BCUT2D eigenvalue weighted by Gasteiger charge is -2.15. The van der Waals surface area contributed by atoms with E-state index in [2.05, 4.69) is 0 Å². The fraction of sp³-hybridized carbons (Fsp3) is 0.500. The molecule has 0 fully saturated rings. The third kappa shape index (κ3) is 3.68. The summed E-state index contributed by atoms with van der Waals surface area (Å²) in [4.78, 5) is 10.2. The van der Waals surface area contributed by atoms with Crippen molar-refractivity contribution in [3.63, 3.8) is 0 Å². The molecular weight excluding hydrogens is 238 g/mol. The van der Waals surface area contributed by atoms with Gasteiger partial charge in [0.2, 0.25) is 0 Å². The van der Waals surface area contributed by atoms with Gasteiger partial charge in [0, 0.05) is 24.8 Å². The first-order chi connectivity index (χ1) is 8.45. The van der Waals surface area contributed by atoms with Crippen LogP contribution in [0.25, 0.3) is 0 Å². The molecule has 0 aliphatic heterocycles. The summed E-state index contributed by atoms with van der Waals surface area (Å²) in [6.45, 7) is 3.69. The Morgan fingerprint density at radius 2 is 2.11 bits per heavy atom. The van der Waals surface area contributed by atoms with E-state index < -0.39 is 11.0 Å². The predicted molar refractivity (Wildman–Crippen MR) is 65.7 cm³/mol. The maximum Gasteiger partial charge on any atom is 0.270 e. The third-order valence-electron chi connectivity index (χ3n) is 2.53. The summed E-state index contributed by atoms with van der Waals surface area (Å²) in [6.07, 6.45) is -0.931. The largest absolute Gasteiger partial charge is 0.491 e. The summed E-state index contributed by atoms with van der Waals surface area (Å²) in [7, 11) is 1.57. The highest BCUT2D eigenvalue weighted by atomic mass is 16.6. The van der Waals surface area contributed by atoms with Crippen molar-refractivity contribution in [3.8, 4) is 5.75 Å². The van der Waals surface area contributed by atoms with Gasteiger partial charge in [-0.15, -0.1) is 0 Å². The van der Waals surface area contributed by atoms with Gasteiger partial charge in [-0.3, -0.25) is 10.1 Å². The number of ether oxygens (including phenoxy) is 2. The summed E-state index contributed by atoms with van der Waals surface area (Å²) in [5.74, 6) is 0.430. The van der Waals surface area contributed by atoms with Crippen molar-refractivity contribution in [1.82, 2.24) is 0 Å². The molecule has 2 atom stereocenters. The van der Waals surface area contributed by atoms with Crippen LogP contribution in [0, 0.1) is 10.1 Å². The smallest absolute Gasteiger partial charge is 0.270 e. The molecule has 0 saturated heterocycles. The number of rotatable bonds is 6. The molecule has 0 bridgehead atoms. The molecule has 0 aromatic heterocycles. The summed E-state index contributed by atoms with van der Waals surface area (Å²) < 4.78 is 10.5. The van der Waals surface area contributed by atoms with Crippen molar-refractivity contribution in [3.05, 3.63) is 33.9 Å². The molecule has 18 heavy (non-hydrogen) atoms. The minimum absolute atomic E-state index is 0.0713. The van der Waals surface area contributed by atoms with Gasteiger partial charge < -0.3 is 14.6 Å². The van der Waals surface area contributed by atoms with E-state index in [-0.39, 0.29) is 11.8 Å². The quantitative estimate of drug-likeness (QED) is 0.621. The fourth-order valence-corrected chi connectivity index (χ4v) is 1.38. The van der Waals surface area contributed by atoms with Crippen molar-refractivity contribution >= 4 is 5.69 Å². The van der Waals surface area contributed by atoms with Gasteiger partial charge >= 0.3 is 0 Å². The van der Waals surface area contributed by atoms with E-state index >= 15 is 0 Å². The molecule has 6 heteroatoms. The molecule has 100 valence electrons. The van der Waals surface area contributed by atoms with Crippen LogP contribution in [-0.4, -0.2) is 29.9 Å². The van der Waals surface area contributed by atoms with Crippen molar-refractivity contribution in [2.24, 2.45) is 0 Å². The molecule has 0 amide bonds. The molecule has 0 aliphatic rings. The number of benzene rings is 1. The van der Waals surface area contributed by atoms with Gasteiger partial charge in [0.15, 0.2) is 0 Å². The van der Waals surface area contributed by atoms with E-state index in [4.69, 9.17) is 9.47 Å². The molecule has 6 nitrogen and oxygen atoms in total. The molecule has 0 heterocycles. The van der Waals surface area contributed by atoms with Crippen LogP contribution in [-0.2, 0) is 4.74 Å². The Hall–Kier alpha value is -1.66. The molecule has 0 radical (unpaired) electrons. The van der Waals surface area contributed by atoms with E-state index in [1.807, 2.05) is 6.92 Å². The van der Waals surface area contributed by atoms with E-state index in [0.717, 1.165) is 0 Å². The lowest BCUT2D eigenvalue weighted by atomic mass is 10.1. The van der Waals surface area contributed by atoms with Crippen LogP contribution in [0.4, 0.5) is 5.69 Å². The van der Waals surface area contributed by atoms with Gasteiger partial charge in [-0.1, -0.05) is 0 Å². The zero-order chi connectivity index (χ0) is 13.7. The van der Waals surface area contributed by atoms with Crippen LogP contribution in [0.1, 0.15) is 25.5 Å². The van der Waals surface area contributed by atoms with Crippen molar-refractivity contribution in [2.75, 3.05) is 13.7 Å². The summed E-state index contributed by atoms with van der Waals surface area (Å²) in [5.41, 5.74) is 0.325. The Balaban J connectivity index is 2.93. The number of non-ortho nitro benzene ring substituents is 1. The van der Waals surface area contributed by atoms with E-state index in [9.17, 15) is 15.2 Å². The maximum atomic E-state index is 10.7. The van der Waals surface area contributed by atoms with Crippen LogP contribution in [0.5, 0.6) is 5.75 Å². The molecule has 1 N–H and O–H groups in total. The number of nitrogens with zero attached hydrogens (tertiary/aromatic N) is 1. The van der Waals surface area contributed by atoms with Gasteiger partial charge in [0.25, 0.3) is 5.69 Å². The SMILES string of the molecule is COC(C)COc1ccc([N+](=O)[O-])cc1[C@@H](C)O. The Bertz CT molecular complexity index is 419. The first kappa shape index (κ1) is 14.4. The van der Waals surface area contributed by atoms with Gasteiger partial charge in [-0.25, -0.2) is 0 Å². The van der Waals surface area contributed by atoms with Crippen LogP contribution in [0.2, 0.25) is 0 Å². The molecule has 0 aliphatic carbocycles. The standard InChI is InChI=1S/C12H17NO5/c1-8(17-3)7-18-12-5-4-10(13(15)16)6-11(12)9(2)14/h4-6,8-9,14H,7H2,1-3H3/t8?,9-/m1/s1. The number of methoxy groups -OCH3 is 1. The molecule has 0 saturated carbocycles. The Morgan fingerprint density at radius 3 is 2.61 bits per heavy atom. The van der Waals surface area contributed by atoms with E-state index in [1.165, 1.54) is 25.1 Å².